The molecule has 202 valence electrons. The highest BCUT2D eigenvalue weighted by molar-refractivity contribution is 6.03. The van der Waals surface area contributed by atoms with Crippen LogP contribution in [0.15, 0.2) is 40.1 Å². The Balaban J connectivity index is 0.000000232. The Hall–Kier alpha value is -4.93. The largest absolute Gasteiger partial charge is 0.339 e. The average molecular weight is 522 g/mol. The number of nitrogens with zero attached hydrogens (tertiary/aromatic N) is 2. The lowest BCUT2D eigenvalue weighted by molar-refractivity contribution is -0.127. The van der Waals surface area contributed by atoms with Gasteiger partial charge in [-0.3, -0.25) is 51.2 Å². The molecule has 4 aliphatic rings. The third-order valence-corrected chi connectivity index (χ3v) is 4.03. The highest BCUT2D eigenvalue weighted by Crippen LogP contribution is 2.03. The van der Waals surface area contributed by atoms with Crippen LogP contribution in [-0.4, -0.2) is 64.3 Å². The number of imide groups is 1. The van der Waals surface area contributed by atoms with Crippen LogP contribution in [0.4, 0.5) is 9.59 Å². The van der Waals surface area contributed by atoms with Crippen LogP contribution in [0.3, 0.4) is 0 Å². The summed E-state index contributed by atoms with van der Waals surface area (Å²) in [6, 6.07) is 0.742. The van der Waals surface area contributed by atoms with Crippen molar-refractivity contribution in [1.29, 1.82) is 0 Å². The molecule has 1 aromatic rings. The molecular formula is C20H31N11O6. The summed E-state index contributed by atoms with van der Waals surface area (Å²) in [7, 11) is 1.67. The van der Waals surface area contributed by atoms with Crippen LogP contribution >= 0.6 is 0 Å². The van der Waals surface area contributed by atoms with Crippen LogP contribution in [0, 0.1) is 6.92 Å². The van der Waals surface area contributed by atoms with E-state index in [0.29, 0.717) is 18.7 Å². The fourth-order valence-electron chi connectivity index (χ4n) is 2.41. The maximum absolute atomic E-state index is 10.6. The van der Waals surface area contributed by atoms with Crippen LogP contribution in [0.5, 0.6) is 0 Å². The van der Waals surface area contributed by atoms with E-state index in [0.717, 1.165) is 17.0 Å². The molecule has 9 N–H and O–H groups in total. The first kappa shape index (κ1) is 30.1. The van der Waals surface area contributed by atoms with Crippen molar-refractivity contribution in [2.45, 2.75) is 33.6 Å². The van der Waals surface area contributed by atoms with Gasteiger partial charge in [-0.05, 0) is 26.3 Å². The predicted octanol–water partition coefficient (Wildman–Crippen LogP) is -1.75. The van der Waals surface area contributed by atoms with E-state index in [4.69, 9.17) is 0 Å². The monoisotopic (exact) mass is 521 g/mol. The van der Waals surface area contributed by atoms with Crippen molar-refractivity contribution in [3.8, 4) is 0 Å². The second-order valence-electron chi connectivity index (χ2n) is 7.64. The molecule has 17 nitrogen and oxygen atoms in total. The first-order valence-electron chi connectivity index (χ1n) is 10.7. The standard InChI is InChI=1S/C5H8N2O.C5H7NO.C4H6N2O.C3H5N3O2.C3H5N3O/c1-4-3-5(8)7(2)6-4;1-4-2-5(7)6-3-4;1-3-2-4(7)6-5-3;7-2-1-4-6-3(8)5-2;1-2-4-3(7)6-5-2/h3H2,1-2H3;3H,2H2,1H3,(H,6,7);2H,1H3,(H2,5,6,7);4H,1H2,(H2,5,6,7,8);5H,1H2,(H2,4,6,7). The summed E-state index contributed by atoms with van der Waals surface area (Å²) in [4.78, 5) is 61.6. The number of aromatic amines is 2. The molecule has 4 aliphatic heterocycles. The Morgan fingerprint density at radius 3 is 1.73 bits per heavy atom. The van der Waals surface area contributed by atoms with Crippen molar-refractivity contribution >= 4 is 35.5 Å². The molecule has 1 aromatic heterocycles. The minimum absolute atomic E-state index is 0.0718. The number of hydrogen-bond donors (Lipinski definition) is 9. The van der Waals surface area contributed by atoms with Crippen LogP contribution in [0.1, 0.15) is 32.4 Å². The van der Waals surface area contributed by atoms with Crippen molar-refractivity contribution in [2.24, 2.45) is 5.10 Å². The number of aromatic nitrogens is 2. The van der Waals surface area contributed by atoms with Gasteiger partial charge in [-0.1, -0.05) is 6.58 Å². The quantitative estimate of drug-likeness (QED) is 0.189. The van der Waals surface area contributed by atoms with Crippen molar-refractivity contribution in [3.63, 3.8) is 0 Å². The third kappa shape index (κ3) is 13.5. The summed E-state index contributed by atoms with van der Waals surface area (Å²) in [6.07, 6.45) is 2.82. The van der Waals surface area contributed by atoms with Gasteiger partial charge in [0, 0.05) is 37.1 Å². The molecule has 0 radical (unpaired) electrons. The maximum Gasteiger partial charge on any atom is 0.339 e. The zero-order chi connectivity index (χ0) is 28.0. The number of H-pyrrole nitrogens is 2. The molecule has 0 bridgehead atoms. The van der Waals surface area contributed by atoms with E-state index in [-0.39, 0.29) is 35.9 Å². The van der Waals surface area contributed by atoms with E-state index in [2.05, 4.69) is 54.2 Å². The van der Waals surface area contributed by atoms with Gasteiger partial charge in [0.25, 0.3) is 5.56 Å². The summed E-state index contributed by atoms with van der Waals surface area (Å²) in [6.45, 7) is 9.14. The Morgan fingerprint density at radius 1 is 0.865 bits per heavy atom. The molecule has 0 saturated carbocycles. The lowest BCUT2D eigenvalue weighted by atomic mass is 10.3. The second kappa shape index (κ2) is 15.1. The molecule has 7 amide bonds. The van der Waals surface area contributed by atoms with E-state index in [1.54, 1.807) is 13.2 Å². The Bertz CT molecular complexity index is 1110. The number of aryl methyl sites for hydroxylation is 1. The first-order valence-corrected chi connectivity index (χ1v) is 10.7. The molecule has 17 heteroatoms. The number of urea groups is 2. The number of carbonyl (C=O) groups excluding carboxylic acids is 5. The molecule has 0 aromatic carbocycles. The molecule has 37 heavy (non-hydrogen) atoms. The topological polar surface area (TPSA) is 234 Å². The van der Waals surface area contributed by atoms with E-state index in [1.807, 2.05) is 26.1 Å². The Kier molecular flexibility index (Phi) is 12.3. The van der Waals surface area contributed by atoms with Gasteiger partial charge in [-0.2, -0.15) is 5.10 Å². The zero-order valence-electron chi connectivity index (χ0n) is 20.8. The molecule has 0 aliphatic carbocycles. The smallest absolute Gasteiger partial charge is 0.332 e. The molecule has 2 saturated heterocycles. The van der Waals surface area contributed by atoms with Crippen molar-refractivity contribution in [2.75, 3.05) is 13.6 Å². The Morgan fingerprint density at radius 2 is 1.54 bits per heavy atom. The zero-order valence-corrected chi connectivity index (χ0v) is 20.8. The van der Waals surface area contributed by atoms with Gasteiger partial charge in [0.15, 0.2) is 0 Å². The van der Waals surface area contributed by atoms with Gasteiger partial charge in [0.2, 0.25) is 17.7 Å². The van der Waals surface area contributed by atoms with E-state index in [9.17, 15) is 28.8 Å². The highest BCUT2D eigenvalue weighted by Gasteiger charge is 2.15. The Labute approximate surface area is 211 Å². The fourth-order valence-corrected chi connectivity index (χ4v) is 2.41. The SMILES string of the molecule is C=C1NNC(=O)N1.CC1=CNC(=O)C1.CC1=NN(C)C(=O)C1.Cc1cc(=O)[nH][nH]1.O=C1CNNC(=O)N1. The van der Waals surface area contributed by atoms with E-state index < -0.39 is 6.03 Å². The van der Waals surface area contributed by atoms with Crippen LogP contribution < -0.4 is 43.2 Å². The van der Waals surface area contributed by atoms with Crippen LogP contribution in [-0.2, 0) is 14.4 Å². The van der Waals surface area contributed by atoms with E-state index in [1.165, 1.54) is 11.1 Å². The number of nitrogens with one attached hydrogen (secondary N) is 9. The number of amides is 7. The summed E-state index contributed by atoms with van der Waals surface area (Å²) in [5, 5.41) is 17.2. The fraction of sp³-hybridized carbons (Fsp3) is 0.350. The number of hydrazone groups is 1. The number of hydrogen-bond acceptors (Lipinski definition) is 9. The minimum Gasteiger partial charge on any atom is -0.332 e. The summed E-state index contributed by atoms with van der Waals surface area (Å²) in [5.41, 5.74) is 12.1. The summed E-state index contributed by atoms with van der Waals surface area (Å²) >= 11 is 0. The van der Waals surface area contributed by atoms with Gasteiger partial charge < -0.3 is 10.4 Å². The highest BCUT2D eigenvalue weighted by atomic mass is 16.2. The number of carbonyl (C=O) groups is 5. The first-order chi connectivity index (χ1) is 17.3. The van der Waals surface area contributed by atoms with Crippen molar-refractivity contribution < 1.29 is 24.0 Å². The van der Waals surface area contributed by atoms with Gasteiger partial charge in [0.1, 0.15) is 5.82 Å². The molecule has 2 fully saturated rings. The lowest BCUT2D eigenvalue weighted by Crippen LogP contribution is -2.56. The van der Waals surface area contributed by atoms with Gasteiger partial charge in [0.05, 0.1) is 13.0 Å². The molecule has 5 heterocycles. The summed E-state index contributed by atoms with van der Waals surface area (Å²) < 4.78 is 0. The van der Waals surface area contributed by atoms with Crippen molar-refractivity contribution in [1.82, 2.24) is 52.9 Å². The summed E-state index contributed by atoms with van der Waals surface area (Å²) in [5.74, 6) is 0.374. The van der Waals surface area contributed by atoms with Crippen molar-refractivity contribution in [3.05, 3.63) is 46.3 Å². The number of rotatable bonds is 0. The molecule has 0 spiro atoms. The predicted molar refractivity (Wildman–Crippen MR) is 132 cm³/mol. The molecular weight excluding hydrogens is 490 g/mol. The van der Waals surface area contributed by atoms with Gasteiger partial charge in [-0.25, -0.2) is 20.0 Å². The van der Waals surface area contributed by atoms with Gasteiger partial charge in [-0.15, -0.1) is 0 Å². The van der Waals surface area contributed by atoms with E-state index >= 15 is 0 Å². The second-order valence-corrected chi connectivity index (χ2v) is 7.64. The maximum atomic E-state index is 10.6. The minimum atomic E-state index is -0.499. The molecule has 5 rings (SSSR count). The third-order valence-electron chi connectivity index (χ3n) is 4.03. The van der Waals surface area contributed by atoms with Gasteiger partial charge >= 0.3 is 12.1 Å². The normalized spacial score (nSPS) is 17.1. The molecule has 0 atom stereocenters. The number of hydrazine groups is 2. The van der Waals surface area contributed by atoms with Crippen LogP contribution in [0.25, 0.3) is 0 Å². The van der Waals surface area contributed by atoms with Crippen LogP contribution in [0.2, 0.25) is 0 Å². The lowest BCUT2D eigenvalue weighted by Gasteiger charge is -2.12. The average Bonchev–Trinajstić information content (AvgIpc) is 3.55. The molecule has 0 unspecified atom stereocenters.